The molecule has 0 aliphatic rings. The molecule has 3 atom stereocenters. The molecule has 6 nitrogen and oxygen atoms in total. The number of nitrogens with zero attached hydrogens (tertiary/aromatic N) is 1. The van der Waals surface area contributed by atoms with Crippen LogP contribution in [0.4, 0.5) is 0 Å². The highest BCUT2D eigenvalue weighted by Gasteiger charge is 2.29. The van der Waals surface area contributed by atoms with Crippen molar-refractivity contribution in [3.63, 3.8) is 0 Å². The zero-order chi connectivity index (χ0) is 21.3. The van der Waals surface area contributed by atoms with Gasteiger partial charge in [-0.2, -0.15) is 0 Å². The number of unbranched alkanes of at least 4 members (excludes halogenated alkanes) is 1. The van der Waals surface area contributed by atoms with E-state index in [0.717, 1.165) is 36.3 Å². The van der Waals surface area contributed by atoms with Crippen LogP contribution in [-0.2, 0) is 9.63 Å². The van der Waals surface area contributed by atoms with E-state index in [1.54, 1.807) is 33.3 Å². The Bertz CT molecular complexity index is 621. The Morgan fingerprint density at radius 1 is 1.25 bits per heavy atom. The van der Waals surface area contributed by atoms with Crippen LogP contribution in [0, 0.1) is 5.92 Å². The summed E-state index contributed by atoms with van der Waals surface area (Å²) >= 11 is 0. The minimum absolute atomic E-state index is 0.215. The molecule has 0 unspecified atom stereocenters. The van der Waals surface area contributed by atoms with Crippen molar-refractivity contribution in [1.82, 2.24) is 5.06 Å². The second-order valence-corrected chi connectivity index (χ2v) is 6.95. The third-order valence-corrected chi connectivity index (χ3v) is 5.12. The zero-order valence-electron chi connectivity index (χ0n) is 18.0. The van der Waals surface area contributed by atoms with Gasteiger partial charge in [0.15, 0.2) is 0 Å². The van der Waals surface area contributed by atoms with E-state index in [4.69, 9.17) is 14.3 Å². The number of hydrogen-bond donors (Lipinski definition) is 1. The first-order valence-electron chi connectivity index (χ1n) is 9.72. The predicted octanol–water partition coefficient (Wildman–Crippen LogP) is 4.24. The number of rotatable bonds is 12. The van der Waals surface area contributed by atoms with Gasteiger partial charge in [0, 0.05) is 12.6 Å². The second-order valence-electron chi connectivity index (χ2n) is 6.95. The highest BCUT2D eigenvalue weighted by atomic mass is 16.7. The molecule has 0 aliphatic carbocycles. The average Bonchev–Trinajstić information content (AvgIpc) is 2.73. The fourth-order valence-corrected chi connectivity index (χ4v) is 3.36. The summed E-state index contributed by atoms with van der Waals surface area (Å²) in [5, 5.41) is 11.9. The van der Waals surface area contributed by atoms with Crippen LogP contribution >= 0.6 is 0 Å². The van der Waals surface area contributed by atoms with E-state index in [1.807, 2.05) is 6.08 Å². The van der Waals surface area contributed by atoms with Gasteiger partial charge in [-0.05, 0) is 36.5 Å². The monoisotopic (exact) mass is 393 g/mol. The van der Waals surface area contributed by atoms with Crippen LogP contribution in [-0.4, -0.2) is 44.5 Å². The van der Waals surface area contributed by atoms with Crippen LogP contribution in [0.2, 0.25) is 0 Å². The van der Waals surface area contributed by atoms with Crippen molar-refractivity contribution in [1.29, 1.82) is 0 Å². The summed E-state index contributed by atoms with van der Waals surface area (Å²) in [5.41, 5.74) is 1.54. The Morgan fingerprint density at radius 2 is 1.82 bits per heavy atom. The lowest BCUT2D eigenvalue weighted by molar-refractivity contribution is -0.176. The van der Waals surface area contributed by atoms with E-state index in [2.05, 4.69) is 13.5 Å². The van der Waals surface area contributed by atoms with Crippen molar-refractivity contribution in [2.24, 2.45) is 5.92 Å². The van der Waals surface area contributed by atoms with Gasteiger partial charge in [0.2, 0.25) is 0 Å². The minimum Gasteiger partial charge on any atom is -0.496 e. The molecule has 1 amide bonds. The summed E-state index contributed by atoms with van der Waals surface area (Å²) in [6, 6.07) is 3.59. The Kier molecular flexibility index (Phi) is 10.0. The van der Waals surface area contributed by atoms with Crippen molar-refractivity contribution < 1.29 is 24.2 Å². The van der Waals surface area contributed by atoms with E-state index in [9.17, 15) is 9.90 Å². The number of hydroxylamine groups is 2. The summed E-state index contributed by atoms with van der Waals surface area (Å²) in [6.07, 6.45) is 4.87. The normalized spacial score (nSPS) is 14.1. The van der Waals surface area contributed by atoms with Crippen LogP contribution in [0.15, 0.2) is 24.8 Å². The van der Waals surface area contributed by atoms with Crippen molar-refractivity contribution in [2.75, 3.05) is 28.4 Å². The molecule has 0 saturated heterocycles. The Labute approximate surface area is 169 Å². The van der Waals surface area contributed by atoms with Gasteiger partial charge in [-0.25, -0.2) is 5.06 Å². The van der Waals surface area contributed by atoms with Gasteiger partial charge in [-0.3, -0.25) is 9.63 Å². The number of methoxy groups -OCH3 is 2. The highest BCUT2D eigenvalue weighted by Crippen LogP contribution is 2.42. The first-order valence-corrected chi connectivity index (χ1v) is 9.72. The summed E-state index contributed by atoms with van der Waals surface area (Å²) in [7, 11) is 6.14. The Hall–Kier alpha value is -2.05. The molecule has 0 aliphatic heterocycles. The Morgan fingerprint density at radius 3 is 2.25 bits per heavy atom. The van der Waals surface area contributed by atoms with E-state index < -0.39 is 12.0 Å². The molecule has 1 aromatic carbocycles. The molecule has 158 valence electrons. The van der Waals surface area contributed by atoms with Crippen LogP contribution in [0.3, 0.4) is 0 Å². The topological polar surface area (TPSA) is 68.2 Å². The SMILES string of the molecule is C=CC[C@H](CCCC)c1c(OC)cc([C@H](O)[C@@H](C)C(=O)N(C)OC)cc1OC. The van der Waals surface area contributed by atoms with Gasteiger partial charge in [-0.15, -0.1) is 6.58 Å². The molecule has 1 N–H and O–H groups in total. The smallest absolute Gasteiger partial charge is 0.251 e. The fourth-order valence-electron chi connectivity index (χ4n) is 3.36. The lowest BCUT2D eigenvalue weighted by Crippen LogP contribution is -2.33. The molecular weight excluding hydrogens is 358 g/mol. The third kappa shape index (κ3) is 5.72. The molecule has 6 heteroatoms. The molecule has 0 spiro atoms. The number of allylic oxidation sites excluding steroid dienone is 1. The van der Waals surface area contributed by atoms with Crippen molar-refractivity contribution in [3.05, 3.63) is 35.9 Å². The molecular formula is C22H35NO5. The number of carbonyl (C=O) groups is 1. The van der Waals surface area contributed by atoms with Crippen molar-refractivity contribution in [2.45, 2.75) is 51.6 Å². The number of hydrogen-bond acceptors (Lipinski definition) is 5. The van der Waals surface area contributed by atoms with Crippen LogP contribution in [0.5, 0.6) is 11.5 Å². The van der Waals surface area contributed by atoms with Crippen LogP contribution in [0.25, 0.3) is 0 Å². The maximum absolute atomic E-state index is 12.3. The van der Waals surface area contributed by atoms with Gasteiger partial charge < -0.3 is 14.6 Å². The maximum Gasteiger partial charge on any atom is 0.251 e. The van der Waals surface area contributed by atoms with Gasteiger partial charge in [0.05, 0.1) is 33.4 Å². The molecule has 0 radical (unpaired) electrons. The summed E-state index contributed by atoms with van der Waals surface area (Å²) in [4.78, 5) is 17.3. The molecule has 1 rings (SSSR count). The van der Waals surface area contributed by atoms with E-state index in [0.29, 0.717) is 17.1 Å². The first-order chi connectivity index (χ1) is 13.4. The third-order valence-electron chi connectivity index (χ3n) is 5.12. The minimum atomic E-state index is -1.02. The number of aliphatic hydroxyl groups is 1. The lowest BCUT2D eigenvalue weighted by Gasteiger charge is -2.26. The largest absolute Gasteiger partial charge is 0.496 e. The van der Waals surface area contributed by atoms with E-state index in [-0.39, 0.29) is 11.8 Å². The zero-order valence-corrected chi connectivity index (χ0v) is 18.0. The van der Waals surface area contributed by atoms with Crippen LogP contribution in [0.1, 0.15) is 62.7 Å². The summed E-state index contributed by atoms with van der Waals surface area (Å²) < 4.78 is 11.3. The standard InChI is InChI=1S/C22H35NO5/c1-8-10-12-16(11-9-2)20-18(26-5)13-17(14-19(20)27-6)21(24)15(3)22(25)23(4)28-7/h9,13-16,21,24H,2,8,10-12H2,1,3-7H3/t15-,16-,21-/m1/s1. The first kappa shape index (κ1) is 24.0. The quantitative estimate of drug-likeness (QED) is 0.425. The number of ether oxygens (including phenoxy) is 2. The number of aliphatic hydroxyl groups excluding tert-OH is 1. The van der Waals surface area contributed by atoms with Crippen molar-refractivity contribution in [3.8, 4) is 11.5 Å². The van der Waals surface area contributed by atoms with Gasteiger partial charge in [0.1, 0.15) is 11.5 Å². The molecule has 28 heavy (non-hydrogen) atoms. The van der Waals surface area contributed by atoms with Gasteiger partial charge in [-0.1, -0.05) is 32.8 Å². The fraction of sp³-hybridized carbons (Fsp3) is 0.591. The second kappa shape index (κ2) is 11.7. The average molecular weight is 394 g/mol. The van der Waals surface area contributed by atoms with Gasteiger partial charge in [0.25, 0.3) is 5.91 Å². The van der Waals surface area contributed by atoms with E-state index >= 15 is 0 Å². The number of carbonyl (C=O) groups excluding carboxylic acids is 1. The summed E-state index contributed by atoms with van der Waals surface area (Å²) in [5.74, 6) is 0.512. The lowest BCUT2D eigenvalue weighted by atomic mass is 9.87. The highest BCUT2D eigenvalue weighted by molar-refractivity contribution is 5.78. The number of amides is 1. The molecule has 0 bridgehead atoms. The Balaban J connectivity index is 3.35. The molecule has 1 aromatic rings. The maximum atomic E-state index is 12.3. The molecule has 0 fully saturated rings. The van der Waals surface area contributed by atoms with Crippen LogP contribution < -0.4 is 9.47 Å². The number of benzene rings is 1. The molecule has 0 aromatic heterocycles. The molecule has 0 heterocycles. The van der Waals surface area contributed by atoms with E-state index in [1.165, 1.54) is 14.2 Å². The van der Waals surface area contributed by atoms with Crippen molar-refractivity contribution >= 4 is 5.91 Å². The van der Waals surface area contributed by atoms with Gasteiger partial charge >= 0.3 is 0 Å². The molecule has 0 saturated carbocycles. The summed E-state index contributed by atoms with van der Waals surface area (Å²) in [6.45, 7) is 7.71. The predicted molar refractivity (Wildman–Crippen MR) is 111 cm³/mol.